The van der Waals surface area contributed by atoms with Crippen molar-refractivity contribution in [3.8, 4) is 0 Å². The Morgan fingerprint density at radius 1 is 1.52 bits per heavy atom. The van der Waals surface area contributed by atoms with Crippen LogP contribution in [0.4, 0.5) is 0 Å². The molecule has 1 heterocycles. The van der Waals surface area contributed by atoms with E-state index in [2.05, 4.69) is 15.7 Å². The quantitative estimate of drug-likeness (QED) is 0.741. The van der Waals surface area contributed by atoms with Crippen LogP contribution in [0.25, 0.3) is 0 Å². The van der Waals surface area contributed by atoms with Crippen molar-refractivity contribution >= 4 is 18.3 Å². The first-order chi connectivity index (χ1) is 9.70. The summed E-state index contributed by atoms with van der Waals surface area (Å²) in [4.78, 5) is 12.1. The Morgan fingerprint density at radius 2 is 2.24 bits per heavy atom. The third kappa shape index (κ3) is 5.30. The minimum Gasteiger partial charge on any atom is -0.376 e. The van der Waals surface area contributed by atoms with Crippen LogP contribution in [-0.4, -0.2) is 42.0 Å². The van der Waals surface area contributed by atoms with Crippen LogP contribution in [0.1, 0.15) is 37.3 Å². The summed E-state index contributed by atoms with van der Waals surface area (Å²) in [6.07, 6.45) is 8.78. The third-order valence-corrected chi connectivity index (χ3v) is 3.67. The largest absolute Gasteiger partial charge is 0.376 e. The average Bonchev–Trinajstić information content (AvgIpc) is 3.07. The van der Waals surface area contributed by atoms with Crippen molar-refractivity contribution in [2.24, 2.45) is 7.05 Å². The molecule has 1 aliphatic carbocycles. The molecule has 0 aromatic carbocycles. The summed E-state index contributed by atoms with van der Waals surface area (Å²) in [5.41, 5.74) is 0.865. The van der Waals surface area contributed by atoms with Crippen molar-refractivity contribution < 1.29 is 9.53 Å². The molecule has 21 heavy (non-hydrogen) atoms. The monoisotopic (exact) mass is 316 g/mol. The molecule has 2 N–H and O–H groups in total. The normalized spacial score (nSPS) is 16.5. The first-order valence-corrected chi connectivity index (χ1v) is 7.26. The molecule has 0 saturated heterocycles. The van der Waals surface area contributed by atoms with Crippen molar-refractivity contribution in [2.45, 2.75) is 37.8 Å². The van der Waals surface area contributed by atoms with Gasteiger partial charge in [0.2, 0.25) is 5.91 Å². The molecule has 1 unspecified atom stereocenters. The maximum Gasteiger partial charge on any atom is 0.241 e. The summed E-state index contributed by atoms with van der Waals surface area (Å²) in [6.45, 7) is 1.13. The number of hydrogen-bond donors (Lipinski definition) is 2. The number of amides is 1. The molecule has 1 aromatic heterocycles. The fourth-order valence-corrected chi connectivity index (χ4v) is 2.60. The Morgan fingerprint density at radius 3 is 2.81 bits per heavy atom. The number of halogens is 1. The molecule has 120 valence electrons. The van der Waals surface area contributed by atoms with Gasteiger partial charge in [-0.25, -0.2) is 0 Å². The Hall–Kier alpha value is -1.11. The van der Waals surface area contributed by atoms with Crippen molar-refractivity contribution in [1.29, 1.82) is 0 Å². The van der Waals surface area contributed by atoms with Crippen LogP contribution in [0.5, 0.6) is 0 Å². The molecule has 1 aromatic rings. The summed E-state index contributed by atoms with van der Waals surface area (Å²) >= 11 is 0. The highest BCUT2D eigenvalue weighted by Gasteiger charge is 2.20. The molecule has 1 saturated carbocycles. The number of ether oxygens (including phenoxy) is 1. The molecule has 7 heteroatoms. The molecular weight excluding hydrogens is 292 g/mol. The number of likely N-dealkylation sites (N-methyl/N-ethyl adjacent to an activating group) is 1. The summed E-state index contributed by atoms with van der Waals surface area (Å²) in [6, 6.07) is -0.366. The molecule has 1 atom stereocenters. The Bertz CT molecular complexity index is 432. The van der Waals surface area contributed by atoms with Crippen LogP contribution < -0.4 is 10.6 Å². The van der Waals surface area contributed by atoms with E-state index in [0.717, 1.165) is 18.4 Å². The zero-order chi connectivity index (χ0) is 14.4. The third-order valence-electron chi connectivity index (χ3n) is 3.67. The Labute approximate surface area is 132 Å². The highest BCUT2D eigenvalue weighted by atomic mass is 35.5. The topological polar surface area (TPSA) is 68.2 Å². The van der Waals surface area contributed by atoms with E-state index >= 15 is 0 Å². The molecule has 1 aliphatic rings. The number of carbonyl (C=O) groups excluding carboxylic acids is 1. The predicted molar refractivity (Wildman–Crippen MR) is 83.5 cm³/mol. The van der Waals surface area contributed by atoms with Crippen LogP contribution in [0.15, 0.2) is 12.4 Å². The van der Waals surface area contributed by atoms with Gasteiger partial charge in [0.05, 0.1) is 18.9 Å². The molecule has 0 radical (unpaired) electrons. The maximum absolute atomic E-state index is 12.1. The second-order valence-electron chi connectivity index (χ2n) is 5.24. The van der Waals surface area contributed by atoms with Crippen molar-refractivity contribution in [1.82, 2.24) is 20.4 Å². The molecule has 0 spiro atoms. The van der Waals surface area contributed by atoms with Gasteiger partial charge in [-0.15, -0.1) is 12.4 Å². The van der Waals surface area contributed by atoms with Gasteiger partial charge in [-0.05, 0) is 19.9 Å². The van der Waals surface area contributed by atoms with Crippen LogP contribution >= 0.6 is 12.4 Å². The van der Waals surface area contributed by atoms with Gasteiger partial charge in [0.1, 0.15) is 6.04 Å². The first kappa shape index (κ1) is 17.9. The van der Waals surface area contributed by atoms with E-state index in [1.165, 1.54) is 12.8 Å². The van der Waals surface area contributed by atoms with Gasteiger partial charge in [0.25, 0.3) is 0 Å². The highest BCUT2D eigenvalue weighted by molar-refractivity contribution is 5.85. The minimum atomic E-state index is -0.366. The first-order valence-electron chi connectivity index (χ1n) is 7.26. The lowest BCUT2D eigenvalue weighted by molar-refractivity contribution is -0.123. The smallest absolute Gasteiger partial charge is 0.241 e. The lowest BCUT2D eigenvalue weighted by Crippen LogP contribution is -2.37. The molecular formula is C14H25ClN4O2. The summed E-state index contributed by atoms with van der Waals surface area (Å²) in [7, 11) is 3.61. The van der Waals surface area contributed by atoms with Gasteiger partial charge in [-0.1, -0.05) is 12.8 Å². The van der Waals surface area contributed by atoms with Gasteiger partial charge >= 0.3 is 0 Å². The second kappa shape index (κ2) is 9.02. The lowest BCUT2D eigenvalue weighted by Gasteiger charge is -2.15. The van der Waals surface area contributed by atoms with Gasteiger partial charge in [0.15, 0.2) is 0 Å². The van der Waals surface area contributed by atoms with Gasteiger partial charge in [-0.2, -0.15) is 5.10 Å². The number of aromatic nitrogens is 2. The van der Waals surface area contributed by atoms with E-state index in [-0.39, 0.29) is 24.4 Å². The van der Waals surface area contributed by atoms with Crippen LogP contribution in [-0.2, 0) is 16.6 Å². The van der Waals surface area contributed by atoms with E-state index in [9.17, 15) is 4.79 Å². The Balaban J connectivity index is 0.00000220. The molecule has 0 aliphatic heterocycles. The maximum atomic E-state index is 12.1. The van der Waals surface area contributed by atoms with Crippen molar-refractivity contribution in [3.05, 3.63) is 18.0 Å². The number of nitrogens with one attached hydrogen (secondary N) is 2. The standard InChI is InChI=1S/C14H24N4O2.ClH/c1-15-13(11-9-17-18(2)10-11)14(19)16-7-8-20-12-5-3-4-6-12;/h9-10,12-13,15H,3-8H2,1-2H3,(H,16,19);1H. The second-order valence-corrected chi connectivity index (χ2v) is 5.24. The predicted octanol–water partition coefficient (Wildman–Crippen LogP) is 1.18. The van der Waals surface area contributed by atoms with Crippen molar-refractivity contribution in [3.63, 3.8) is 0 Å². The lowest BCUT2D eigenvalue weighted by atomic mass is 10.1. The zero-order valence-electron chi connectivity index (χ0n) is 12.7. The minimum absolute atomic E-state index is 0. The van der Waals surface area contributed by atoms with E-state index in [0.29, 0.717) is 19.3 Å². The van der Waals surface area contributed by atoms with Crippen molar-refractivity contribution in [2.75, 3.05) is 20.2 Å². The number of carbonyl (C=O) groups is 1. The number of rotatable bonds is 7. The average molecular weight is 317 g/mol. The number of hydrogen-bond acceptors (Lipinski definition) is 4. The van der Waals surface area contributed by atoms with Crippen LogP contribution in [0, 0.1) is 0 Å². The van der Waals surface area contributed by atoms with E-state index < -0.39 is 0 Å². The van der Waals surface area contributed by atoms with E-state index in [1.54, 1.807) is 17.9 Å². The number of nitrogens with zero attached hydrogens (tertiary/aromatic N) is 2. The molecule has 1 amide bonds. The zero-order valence-corrected chi connectivity index (χ0v) is 13.5. The summed E-state index contributed by atoms with van der Waals surface area (Å²) in [5, 5.41) is 10.00. The van der Waals surface area contributed by atoms with Gasteiger partial charge < -0.3 is 15.4 Å². The summed E-state index contributed by atoms with van der Waals surface area (Å²) < 4.78 is 7.42. The van der Waals surface area contributed by atoms with Gasteiger partial charge in [0, 0.05) is 25.4 Å². The SMILES string of the molecule is CNC(C(=O)NCCOC1CCCC1)c1cnn(C)c1.Cl. The molecule has 2 rings (SSSR count). The van der Waals surface area contributed by atoms with E-state index in [1.807, 2.05) is 13.2 Å². The number of aryl methyl sites for hydroxylation is 1. The Kier molecular flexibility index (Phi) is 7.71. The fourth-order valence-electron chi connectivity index (χ4n) is 2.60. The molecule has 0 bridgehead atoms. The molecule has 1 fully saturated rings. The molecule has 6 nitrogen and oxygen atoms in total. The van der Waals surface area contributed by atoms with Crippen LogP contribution in [0.2, 0.25) is 0 Å². The summed E-state index contributed by atoms with van der Waals surface area (Å²) in [5.74, 6) is -0.0458. The van der Waals surface area contributed by atoms with E-state index in [4.69, 9.17) is 4.74 Å². The van der Waals surface area contributed by atoms with Gasteiger partial charge in [-0.3, -0.25) is 9.48 Å². The highest BCUT2D eigenvalue weighted by Crippen LogP contribution is 2.20. The van der Waals surface area contributed by atoms with Crippen LogP contribution in [0.3, 0.4) is 0 Å². The fraction of sp³-hybridized carbons (Fsp3) is 0.714.